The summed E-state index contributed by atoms with van der Waals surface area (Å²) in [5, 5.41) is 3.48. The molecule has 1 aliphatic rings. The van der Waals surface area contributed by atoms with E-state index in [1.54, 1.807) is 0 Å². The van der Waals surface area contributed by atoms with Gasteiger partial charge in [0.15, 0.2) is 15.7 Å². The molecule has 1 fully saturated rings. The molecule has 2 rings (SSSR count). The average molecular weight is 273 g/mol. The van der Waals surface area contributed by atoms with E-state index in [0.29, 0.717) is 37.5 Å². The van der Waals surface area contributed by atoms with Crippen molar-refractivity contribution in [2.45, 2.75) is 43.8 Å². The summed E-state index contributed by atoms with van der Waals surface area (Å²) in [7, 11) is -2.98. The maximum atomic E-state index is 11.9. The Balaban J connectivity index is 1.98. The monoisotopic (exact) mass is 273 g/mol. The third-order valence-corrected chi connectivity index (χ3v) is 5.51. The lowest BCUT2D eigenvalue weighted by Gasteiger charge is -2.20. The molecule has 1 aliphatic heterocycles. The van der Waals surface area contributed by atoms with Gasteiger partial charge in [-0.2, -0.15) is 4.98 Å². The molecule has 1 aromatic rings. The molecule has 0 bridgehead atoms. The van der Waals surface area contributed by atoms with Gasteiger partial charge in [-0.05, 0) is 25.8 Å². The van der Waals surface area contributed by atoms with Gasteiger partial charge in [-0.3, -0.25) is 0 Å². The molecule has 1 aromatic heterocycles. The number of aryl methyl sites for hydroxylation is 1. The molecule has 102 valence electrons. The third-order valence-electron chi connectivity index (χ3n) is 3.23. The van der Waals surface area contributed by atoms with Gasteiger partial charge in [-0.15, -0.1) is 0 Å². The lowest BCUT2D eigenvalue weighted by Crippen LogP contribution is -2.30. The number of aromatic nitrogens is 2. The highest BCUT2D eigenvalue weighted by Crippen LogP contribution is 2.22. The van der Waals surface area contributed by atoms with Crippen LogP contribution in [0.15, 0.2) is 4.52 Å². The maximum Gasteiger partial charge on any atom is 0.227 e. The molecular weight excluding hydrogens is 254 g/mol. The van der Waals surface area contributed by atoms with E-state index >= 15 is 0 Å². The fourth-order valence-corrected chi connectivity index (χ4v) is 4.04. The second kappa shape index (κ2) is 5.79. The molecule has 2 N–H and O–H groups in total. The van der Waals surface area contributed by atoms with Crippen LogP contribution in [-0.2, 0) is 22.7 Å². The molecule has 2 heterocycles. The highest BCUT2D eigenvalue weighted by atomic mass is 32.2. The van der Waals surface area contributed by atoms with Gasteiger partial charge in [0.25, 0.3) is 0 Å². The van der Waals surface area contributed by atoms with Crippen LogP contribution in [0, 0.1) is 0 Å². The van der Waals surface area contributed by atoms with Gasteiger partial charge in [-0.1, -0.05) is 11.6 Å². The van der Waals surface area contributed by atoms with Crippen molar-refractivity contribution >= 4 is 9.84 Å². The van der Waals surface area contributed by atoms with E-state index < -0.39 is 9.84 Å². The Labute approximate surface area is 107 Å². The predicted octanol–water partition coefficient (Wildman–Crippen LogP) is 0.471. The van der Waals surface area contributed by atoms with Gasteiger partial charge >= 0.3 is 0 Å². The molecule has 0 aromatic carbocycles. The Bertz CT molecular complexity index is 483. The van der Waals surface area contributed by atoms with E-state index in [-0.39, 0.29) is 11.0 Å². The zero-order valence-electron chi connectivity index (χ0n) is 10.3. The van der Waals surface area contributed by atoms with Crippen LogP contribution >= 0.6 is 0 Å². The van der Waals surface area contributed by atoms with Crippen molar-refractivity contribution in [1.29, 1.82) is 0 Å². The number of nitrogens with two attached hydrogens (primary N) is 1. The van der Waals surface area contributed by atoms with Crippen LogP contribution in [0.4, 0.5) is 0 Å². The van der Waals surface area contributed by atoms with Crippen molar-refractivity contribution in [3.63, 3.8) is 0 Å². The zero-order chi connectivity index (χ0) is 13.0. The first-order valence-electron chi connectivity index (χ1n) is 6.35. The number of hydrogen-bond donors (Lipinski definition) is 1. The van der Waals surface area contributed by atoms with Gasteiger partial charge < -0.3 is 10.3 Å². The second-order valence-corrected chi connectivity index (χ2v) is 7.09. The van der Waals surface area contributed by atoms with Gasteiger partial charge in [0.2, 0.25) is 5.89 Å². The number of rotatable bonds is 5. The van der Waals surface area contributed by atoms with Crippen LogP contribution in [-0.4, -0.2) is 36.1 Å². The molecule has 0 spiro atoms. The topological polar surface area (TPSA) is 99.1 Å². The normalized spacial score (nSPS) is 23.1. The van der Waals surface area contributed by atoms with Crippen molar-refractivity contribution in [2.75, 3.05) is 12.3 Å². The van der Waals surface area contributed by atoms with Crippen LogP contribution in [0.25, 0.3) is 0 Å². The Morgan fingerprint density at radius 3 is 2.94 bits per heavy atom. The van der Waals surface area contributed by atoms with Gasteiger partial charge in [-0.25, -0.2) is 8.42 Å². The second-order valence-electron chi connectivity index (χ2n) is 4.69. The van der Waals surface area contributed by atoms with Gasteiger partial charge in [0.05, 0.1) is 11.0 Å². The summed E-state index contributed by atoms with van der Waals surface area (Å²) in [5.41, 5.74) is 5.40. The van der Waals surface area contributed by atoms with Crippen molar-refractivity contribution < 1.29 is 12.9 Å². The van der Waals surface area contributed by atoms with E-state index in [9.17, 15) is 8.42 Å². The Morgan fingerprint density at radius 2 is 2.22 bits per heavy atom. The summed E-state index contributed by atoms with van der Waals surface area (Å²) in [4.78, 5) is 4.21. The van der Waals surface area contributed by atoms with Crippen LogP contribution in [0.3, 0.4) is 0 Å². The van der Waals surface area contributed by atoms with Crippen LogP contribution in [0.1, 0.15) is 37.4 Å². The van der Waals surface area contributed by atoms with E-state index in [1.165, 1.54) is 0 Å². The average Bonchev–Trinajstić information content (AvgIpc) is 2.77. The predicted molar refractivity (Wildman–Crippen MR) is 66.8 cm³/mol. The van der Waals surface area contributed by atoms with E-state index in [4.69, 9.17) is 10.3 Å². The Morgan fingerprint density at radius 1 is 1.39 bits per heavy atom. The van der Waals surface area contributed by atoms with Crippen molar-refractivity contribution in [3.8, 4) is 0 Å². The molecule has 0 amide bonds. The lowest BCUT2D eigenvalue weighted by molar-refractivity contribution is 0.366. The minimum Gasteiger partial charge on any atom is -0.339 e. The van der Waals surface area contributed by atoms with Gasteiger partial charge in [0, 0.05) is 12.8 Å². The molecule has 1 saturated heterocycles. The Kier molecular flexibility index (Phi) is 4.34. The minimum absolute atomic E-state index is 0.284. The third kappa shape index (κ3) is 3.29. The first kappa shape index (κ1) is 13.5. The highest BCUT2D eigenvalue weighted by Gasteiger charge is 2.30. The molecule has 1 atom stereocenters. The van der Waals surface area contributed by atoms with E-state index in [2.05, 4.69) is 10.1 Å². The lowest BCUT2D eigenvalue weighted by atomic mass is 10.1. The SMILES string of the molecule is NCCCc1noc(CC2CCCCS2(=O)=O)n1. The van der Waals surface area contributed by atoms with Crippen molar-refractivity contribution in [3.05, 3.63) is 11.7 Å². The molecule has 1 unspecified atom stereocenters. The first-order chi connectivity index (χ1) is 8.62. The summed E-state index contributed by atoms with van der Waals surface area (Å²) in [6.45, 7) is 0.584. The minimum atomic E-state index is -2.98. The highest BCUT2D eigenvalue weighted by molar-refractivity contribution is 7.92. The molecule has 0 aliphatic carbocycles. The summed E-state index contributed by atoms with van der Waals surface area (Å²) in [6.07, 6.45) is 4.25. The standard InChI is InChI=1S/C11H19N3O3S/c12-6-3-5-10-13-11(17-14-10)8-9-4-1-2-7-18(9,15)16/h9H,1-8,12H2. The van der Waals surface area contributed by atoms with E-state index in [0.717, 1.165) is 19.3 Å². The van der Waals surface area contributed by atoms with Gasteiger partial charge in [0.1, 0.15) is 0 Å². The molecule has 0 saturated carbocycles. The summed E-state index contributed by atoms with van der Waals surface area (Å²) >= 11 is 0. The molecule has 18 heavy (non-hydrogen) atoms. The number of hydrogen-bond acceptors (Lipinski definition) is 6. The first-order valence-corrected chi connectivity index (χ1v) is 8.06. The summed E-state index contributed by atoms with van der Waals surface area (Å²) in [6, 6.07) is 0. The summed E-state index contributed by atoms with van der Waals surface area (Å²) < 4.78 is 28.8. The fraction of sp³-hybridized carbons (Fsp3) is 0.818. The molecule has 0 radical (unpaired) electrons. The Hall–Kier alpha value is -0.950. The van der Waals surface area contributed by atoms with E-state index in [1.807, 2.05) is 0 Å². The van der Waals surface area contributed by atoms with Crippen LogP contribution in [0.5, 0.6) is 0 Å². The molecule has 7 heteroatoms. The van der Waals surface area contributed by atoms with Crippen molar-refractivity contribution in [2.24, 2.45) is 5.73 Å². The number of sulfone groups is 1. The summed E-state index contributed by atoms with van der Waals surface area (Å²) in [5.74, 6) is 1.33. The molecular formula is C11H19N3O3S. The molecule has 6 nitrogen and oxygen atoms in total. The smallest absolute Gasteiger partial charge is 0.227 e. The quantitative estimate of drug-likeness (QED) is 0.837. The van der Waals surface area contributed by atoms with Crippen LogP contribution in [0.2, 0.25) is 0 Å². The van der Waals surface area contributed by atoms with Crippen LogP contribution < -0.4 is 5.73 Å². The maximum absolute atomic E-state index is 11.9. The fourth-order valence-electron chi connectivity index (χ4n) is 2.18. The largest absolute Gasteiger partial charge is 0.339 e. The number of nitrogens with zero attached hydrogens (tertiary/aromatic N) is 2. The van der Waals surface area contributed by atoms with Crippen molar-refractivity contribution in [1.82, 2.24) is 10.1 Å². The zero-order valence-corrected chi connectivity index (χ0v) is 11.2.